The van der Waals surface area contributed by atoms with Crippen LogP contribution in [0.1, 0.15) is 82.0 Å². The van der Waals surface area contributed by atoms with Crippen molar-refractivity contribution in [1.29, 1.82) is 0 Å². The summed E-state index contributed by atoms with van der Waals surface area (Å²) in [6.07, 6.45) is 14.2. The second-order valence-corrected chi connectivity index (χ2v) is 5.81. The van der Waals surface area contributed by atoms with Gasteiger partial charge in [-0.05, 0) is 12.8 Å². The minimum absolute atomic E-state index is 0.197. The van der Waals surface area contributed by atoms with E-state index >= 15 is 0 Å². The van der Waals surface area contributed by atoms with Crippen LogP contribution in [0.2, 0.25) is 0 Å². The van der Waals surface area contributed by atoms with E-state index in [1.165, 1.54) is 44.9 Å². The van der Waals surface area contributed by atoms with Crippen LogP contribution in [-0.2, 0) is 7.05 Å². The van der Waals surface area contributed by atoms with Crippen LogP contribution in [0, 0.1) is 5.92 Å². The number of hydrogen-bond acceptors (Lipinski definition) is 2. The summed E-state index contributed by atoms with van der Waals surface area (Å²) in [6.45, 7) is 4.43. The number of carbonyl (C=O) groups excluding carboxylic acids is 1. The van der Waals surface area contributed by atoms with E-state index in [1.54, 1.807) is 10.9 Å². The molecule has 0 saturated heterocycles. The monoisotopic (exact) mass is 278 g/mol. The third-order valence-corrected chi connectivity index (χ3v) is 3.92. The normalized spacial score (nSPS) is 12.6. The van der Waals surface area contributed by atoms with Crippen molar-refractivity contribution in [3.63, 3.8) is 0 Å². The van der Waals surface area contributed by atoms with Crippen molar-refractivity contribution in [1.82, 2.24) is 9.78 Å². The lowest BCUT2D eigenvalue weighted by molar-refractivity contribution is 0.0902. The Balaban J connectivity index is 2.53. The third kappa shape index (κ3) is 5.89. The van der Waals surface area contributed by atoms with Gasteiger partial charge in [0.25, 0.3) is 0 Å². The second-order valence-electron chi connectivity index (χ2n) is 5.81. The molecule has 1 rings (SSSR count). The third-order valence-electron chi connectivity index (χ3n) is 3.92. The van der Waals surface area contributed by atoms with E-state index in [9.17, 15) is 4.79 Å². The Morgan fingerprint density at radius 2 is 1.70 bits per heavy atom. The largest absolute Gasteiger partial charge is 0.294 e. The average molecular weight is 278 g/mol. The van der Waals surface area contributed by atoms with Gasteiger partial charge in [-0.2, -0.15) is 5.10 Å². The van der Waals surface area contributed by atoms with Gasteiger partial charge in [0.15, 0.2) is 5.78 Å². The molecule has 1 unspecified atom stereocenters. The maximum absolute atomic E-state index is 12.6. The van der Waals surface area contributed by atoms with Crippen LogP contribution in [0.4, 0.5) is 0 Å². The molecule has 1 heterocycles. The van der Waals surface area contributed by atoms with Gasteiger partial charge in [0.05, 0.1) is 11.8 Å². The summed E-state index contributed by atoms with van der Waals surface area (Å²) in [6, 6.07) is 0. The number of aromatic nitrogens is 2. The van der Waals surface area contributed by atoms with Crippen LogP contribution in [0.5, 0.6) is 0 Å². The average Bonchev–Trinajstić information content (AvgIpc) is 2.87. The Hall–Kier alpha value is -1.12. The number of carbonyl (C=O) groups is 1. The van der Waals surface area contributed by atoms with Gasteiger partial charge in [-0.15, -0.1) is 0 Å². The topological polar surface area (TPSA) is 34.9 Å². The van der Waals surface area contributed by atoms with E-state index in [-0.39, 0.29) is 5.92 Å². The summed E-state index contributed by atoms with van der Waals surface area (Å²) in [7, 11) is 1.87. The lowest BCUT2D eigenvalue weighted by Gasteiger charge is -2.14. The van der Waals surface area contributed by atoms with E-state index in [1.807, 2.05) is 13.2 Å². The Morgan fingerprint density at radius 1 is 1.10 bits per heavy atom. The van der Waals surface area contributed by atoms with Gasteiger partial charge in [0.2, 0.25) is 0 Å². The number of aryl methyl sites for hydroxylation is 1. The maximum atomic E-state index is 12.6. The van der Waals surface area contributed by atoms with Gasteiger partial charge < -0.3 is 0 Å². The van der Waals surface area contributed by atoms with Crippen LogP contribution in [0.25, 0.3) is 0 Å². The first-order chi connectivity index (χ1) is 9.69. The maximum Gasteiger partial charge on any atom is 0.169 e. The Kier molecular flexibility index (Phi) is 8.24. The predicted octanol–water partition coefficient (Wildman–Crippen LogP) is 4.77. The number of hydrogen-bond donors (Lipinski definition) is 0. The minimum Gasteiger partial charge on any atom is -0.294 e. The van der Waals surface area contributed by atoms with Gasteiger partial charge in [-0.25, -0.2) is 0 Å². The molecule has 0 fully saturated rings. The highest BCUT2D eigenvalue weighted by atomic mass is 16.1. The molecule has 3 nitrogen and oxygen atoms in total. The Bertz CT molecular complexity index is 384. The molecule has 0 spiro atoms. The minimum atomic E-state index is 0.197. The number of nitrogens with zero attached hydrogens (tertiary/aromatic N) is 2. The lowest BCUT2D eigenvalue weighted by atomic mass is 9.89. The summed E-state index contributed by atoms with van der Waals surface area (Å²) >= 11 is 0. The first kappa shape index (κ1) is 16.9. The smallest absolute Gasteiger partial charge is 0.169 e. The molecule has 20 heavy (non-hydrogen) atoms. The highest BCUT2D eigenvalue weighted by Crippen LogP contribution is 2.22. The molecule has 3 heteroatoms. The van der Waals surface area contributed by atoms with E-state index in [2.05, 4.69) is 18.9 Å². The SMILES string of the molecule is CCCCCCC(CCCCC)C(=O)c1cnn(C)c1. The van der Waals surface area contributed by atoms with Gasteiger partial charge >= 0.3 is 0 Å². The van der Waals surface area contributed by atoms with Crippen LogP contribution >= 0.6 is 0 Å². The second kappa shape index (κ2) is 9.73. The van der Waals surface area contributed by atoms with Gasteiger partial charge in [-0.3, -0.25) is 9.48 Å². The van der Waals surface area contributed by atoms with E-state index < -0.39 is 0 Å². The Labute approximate surface area is 123 Å². The van der Waals surface area contributed by atoms with Crippen molar-refractivity contribution in [3.8, 4) is 0 Å². The van der Waals surface area contributed by atoms with E-state index in [4.69, 9.17) is 0 Å². The summed E-state index contributed by atoms with van der Waals surface area (Å²) < 4.78 is 1.72. The summed E-state index contributed by atoms with van der Waals surface area (Å²) in [5.41, 5.74) is 0.782. The molecule has 0 bridgehead atoms. The van der Waals surface area contributed by atoms with Crippen molar-refractivity contribution < 1.29 is 4.79 Å². The molecular weight excluding hydrogens is 248 g/mol. The molecule has 0 amide bonds. The molecular formula is C17H30N2O. The zero-order valence-electron chi connectivity index (χ0n) is 13.4. The molecule has 114 valence electrons. The van der Waals surface area contributed by atoms with E-state index in [0.717, 1.165) is 18.4 Å². The fourth-order valence-corrected chi connectivity index (χ4v) is 2.65. The molecule has 0 aliphatic rings. The number of rotatable bonds is 11. The van der Waals surface area contributed by atoms with Gasteiger partial charge in [0.1, 0.15) is 0 Å². The molecule has 1 atom stereocenters. The highest BCUT2D eigenvalue weighted by Gasteiger charge is 2.20. The molecule has 0 aliphatic heterocycles. The van der Waals surface area contributed by atoms with E-state index in [0.29, 0.717) is 5.78 Å². The summed E-state index contributed by atoms with van der Waals surface area (Å²) in [5.74, 6) is 0.494. The quantitative estimate of drug-likeness (QED) is 0.431. The fraction of sp³-hybridized carbons (Fsp3) is 0.765. The summed E-state index contributed by atoms with van der Waals surface area (Å²) in [4.78, 5) is 12.6. The molecule has 1 aromatic heterocycles. The zero-order chi connectivity index (χ0) is 14.8. The fourth-order valence-electron chi connectivity index (χ4n) is 2.65. The molecule has 1 aromatic rings. The molecule has 0 saturated carbocycles. The van der Waals surface area contributed by atoms with Crippen molar-refractivity contribution in [2.75, 3.05) is 0 Å². The molecule has 0 aliphatic carbocycles. The van der Waals surface area contributed by atoms with Crippen molar-refractivity contribution >= 4 is 5.78 Å². The van der Waals surface area contributed by atoms with Crippen molar-refractivity contribution in [3.05, 3.63) is 18.0 Å². The Morgan fingerprint density at radius 3 is 2.25 bits per heavy atom. The van der Waals surface area contributed by atoms with Crippen molar-refractivity contribution in [2.24, 2.45) is 13.0 Å². The summed E-state index contributed by atoms with van der Waals surface area (Å²) in [5, 5.41) is 4.12. The van der Waals surface area contributed by atoms with Crippen LogP contribution in [0.3, 0.4) is 0 Å². The molecule has 0 N–H and O–H groups in total. The molecule has 0 aromatic carbocycles. The van der Waals surface area contributed by atoms with Gasteiger partial charge in [-0.1, -0.05) is 58.8 Å². The van der Waals surface area contributed by atoms with Gasteiger partial charge in [0, 0.05) is 19.2 Å². The van der Waals surface area contributed by atoms with Crippen LogP contribution in [-0.4, -0.2) is 15.6 Å². The first-order valence-corrected chi connectivity index (χ1v) is 8.21. The number of Topliss-reactive ketones (excluding diaryl/α,β-unsaturated/α-hetero) is 1. The number of ketones is 1. The number of unbranched alkanes of at least 4 members (excludes halogenated alkanes) is 5. The predicted molar refractivity (Wildman–Crippen MR) is 83.9 cm³/mol. The standard InChI is InChI=1S/C17H30N2O/c1-4-6-8-10-12-15(11-9-7-5-2)17(20)16-13-18-19(3)14-16/h13-15H,4-12H2,1-3H3. The van der Waals surface area contributed by atoms with Crippen LogP contribution in [0.15, 0.2) is 12.4 Å². The zero-order valence-corrected chi connectivity index (χ0v) is 13.4. The van der Waals surface area contributed by atoms with Crippen LogP contribution < -0.4 is 0 Å². The van der Waals surface area contributed by atoms with Crippen molar-refractivity contribution in [2.45, 2.75) is 71.6 Å². The molecule has 0 radical (unpaired) electrons. The first-order valence-electron chi connectivity index (χ1n) is 8.21. The highest BCUT2D eigenvalue weighted by molar-refractivity contribution is 5.97. The lowest BCUT2D eigenvalue weighted by Crippen LogP contribution is -2.14.